The van der Waals surface area contributed by atoms with Gasteiger partial charge in [0, 0.05) is 6.20 Å². The summed E-state index contributed by atoms with van der Waals surface area (Å²) in [7, 11) is 0. The highest BCUT2D eigenvalue weighted by Gasteiger charge is 2.17. The summed E-state index contributed by atoms with van der Waals surface area (Å²) in [6, 6.07) is 2.42. The van der Waals surface area contributed by atoms with Crippen molar-refractivity contribution >= 4 is 18.2 Å². The molecule has 1 aliphatic rings. The van der Waals surface area contributed by atoms with Gasteiger partial charge in [0.15, 0.2) is 5.82 Å². The smallest absolute Gasteiger partial charge is 0.163 e. The van der Waals surface area contributed by atoms with Gasteiger partial charge in [0.1, 0.15) is 11.6 Å². The van der Waals surface area contributed by atoms with Crippen LogP contribution in [0, 0.1) is 11.3 Å². The van der Waals surface area contributed by atoms with Gasteiger partial charge in [0.25, 0.3) is 0 Å². The van der Waals surface area contributed by atoms with Crippen LogP contribution in [0.4, 0.5) is 5.82 Å². The lowest BCUT2D eigenvalue weighted by Gasteiger charge is -2.22. The highest BCUT2D eigenvalue weighted by Crippen LogP contribution is 2.19. The number of piperidine rings is 1. The summed E-state index contributed by atoms with van der Waals surface area (Å²) < 4.78 is 1.83. The normalized spacial score (nSPS) is 16.7. The molecule has 6 heteroatoms. The molecule has 2 heterocycles. The summed E-state index contributed by atoms with van der Waals surface area (Å²) in [5, 5.41) is 16.2. The van der Waals surface area contributed by atoms with Gasteiger partial charge in [-0.25, -0.2) is 0 Å². The number of aromatic nitrogens is 2. The SMILES string of the molecule is Cl.N#Cc1cn(C2CCNCC2)nc1N. The van der Waals surface area contributed by atoms with Gasteiger partial charge in [0.2, 0.25) is 0 Å². The van der Waals surface area contributed by atoms with Crippen LogP contribution in [0.5, 0.6) is 0 Å². The standard InChI is InChI=1S/C9H13N5.ClH/c10-5-7-6-14(13-9(7)11)8-1-3-12-4-2-8;/h6,8,12H,1-4H2,(H2,11,13);1H. The predicted molar refractivity (Wildman–Crippen MR) is 59.7 cm³/mol. The van der Waals surface area contributed by atoms with E-state index in [2.05, 4.69) is 10.4 Å². The van der Waals surface area contributed by atoms with E-state index in [9.17, 15) is 0 Å². The molecule has 0 aromatic carbocycles. The third kappa shape index (κ3) is 2.41. The molecule has 1 aromatic rings. The fourth-order valence-electron chi connectivity index (χ4n) is 1.75. The number of rotatable bonds is 1. The first kappa shape index (κ1) is 11.8. The molecular weight excluding hydrogens is 214 g/mol. The second kappa shape index (κ2) is 5.01. The minimum Gasteiger partial charge on any atom is -0.381 e. The largest absolute Gasteiger partial charge is 0.381 e. The van der Waals surface area contributed by atoms with Gasteiger partial charge >= 0.3 is 0 Å². The predicted octanol–water partition coefficient (Wildman–Crippen LogP) is 0.683. The summed E-state index contributed by atoms with van der Waals surface area (Å²) in [4.78, 5) is 0. The Morgan fingerprint density at radius 3 is 2.73 bits per heavy atom. The van der Waals surface area contributed by atoms with Gasteiger partial charge < -0.3 is 11.1 Å². The molecule has 15 heavy (non-hydrogen) atoms. The van der Waals surface area contributed by atoms with Crippen molar-refractivity contribution in [2.45, 2.75) is 18.9 Å². The minimum absolute atomic E-state index is 0. The van der Waals surface area contributed by atoms with Crippen molar-refractivity contribution in [1.82, 2.24) is 15.1 Å². The Bertz CT molecular complexity index is 361. The number of hydrogen-bond acceptors (Lipinski definition) is 4. The minimum atomic E-state index is 0. The molecule has 1 fully saturated rings. The van der Waals surface area contributed by atoms with Crippen molar-refractivity contribution in [3.63, 3.8) is 0 Å². The Balaban J connectivity index is 0.00000112. The van der Waals surface area contributed by atoms with Crippen molar-refractivity contribution in [2.75, 3.05) is 18.8 Å². The zero-order chi connectivity index (χ0) is 9.97. The van der Waals surface area contributed by atoms with Gasteiger partial charge in [-0.15, -0.1) is 12.4 Å². The van der Waals surface area contributed by atoms with Gasteiger partial charge in [0.05, 0.1) is 6.04 Å². The van der Waals surface area contributed by atoms with E-state index < -0.39 is 0 Å². The van der Waals surface area contributed by atoms with E-state index in [1.807, 2.05) is 10.8 Å². The number of anilines is 1. The molecule has 2 rings (SSSR count). The summed E-state index contributed by atoms with van der Waals surface area (Å²) in [5.41, 5.74) is 6.06. The number of nitrogens with two attached hydrogens (primary N) is 1. The maximum Gasteiger partial charge on any atom is 0.163 e. The molecule has 1 aromatic heterocycles. The molecule has 0 radical (unpaired) electrons. The van der Waals surface area contributed by atoms with Gasteiger partial charge in [-0.3, -0.25) is 4.68 Å². The van der Waals surface area contributed by atoms with Crippen LogP contribution in [0.2, 0.25) is 0 Å². The summed E-state index contributed by atoms with van der Waals surface area (Å²) in [6.07, 6.45) is 3.84. The van der Waals surface area contributed by atoms with Crippen LogP contribution in [-0.4, -0.2) is 22.9 Å². The molecule has 1 saturated heterocycles. The van der Waals surface area contributed by atoms with Crippen molar-refractivity contribution < 1.29 is 0 Å². The monoisotopic (exact) mass is 227 g/mol. The molecule has 5 nitrogen and oxygen atoms in total. The molecule has 0 aliphatic carbocycles. The quantitative estimate of drug-likeness (QED) is 0.740. The Morgan fingerprint density at radius 1 is 1.53 bits per heavy atom. The molecule has 0 bridgehead atoms. The highest BCUT2D eigenvalue weighted by atomic mass is 35.5. The first-order valence-electron chi connectivity index (χ1n) is 4.76. The summed E-state index contributed by atoms with van der Waals surface area (Å²) in [5.74, 6) is 0.339. The second-order valence-electron chi connectivity index (χ2n) is 3.50. The molecule has 0 spiro atoms. The average Bonchev–Trinajstić information content (AvgIpc) is 2.61. The van der Waals surface area contributed by atoms with Crippen LogP contribution in [0.3, 0.4) is 0 Å². The van der Waals surface area contributed by atoms with Crippen molar-refractivity contribution in [3.05, 3.63) is 11.8 Å². The number of nitrogen functional groups attached to an aromatic ring is 1. The lowest BCUT2D eigenvalue weighted by atomic mass is 10.1. The van der Waals surface area contributed by atoms with E-state index in [1.54, 1.807) is 6.20 Å². The van der Waals surface area contributed by atoms with Crippen molar-refractivity contribution in [1.29, 1.82) is 5.26 Å². The molecule has 0 amide bonds. The van der Waals surface area contributed by atoms with Gasteiger partial charge in [-0.2, -0.15) is 10.4 Å². The highest BCUT2D eigenvalue weighted by molar-refractivity contribution is 5.85. The molecule has 0 atom stereocenters. The maximum atomic E-state index is 8.73. The number of nitrogens with one attached hydrogen (secondary N) is 1. The van der Waals surface area contributed by atoms with E-state index in [4.69, 9.17) is 11.0 Å². The van der Waals surface area contributed by atoms with Crippen LogP contribution in [0.15, 0.2) is 6.20 Å². The van der Waals surface area contributed by atoms with E-state index in [0.29, 0.717) is 17.4 Å². The maximum absolute atomic E-state index is 8.73. The molecule has 0 unspecified atom stereocenters. The summed E-state index contributed by atoms with van der Waals surface area (Å²) in [6.45, 7) is 2.01. The Hall–Kier alpha value is -1.25. The van der Waals surface area contributed by atoms with Crippen LogP contribution in [0.25, 0.3) is 0 Å². The van der Waals surface area contributed by atoms with Gasteiger partial charge in [-0.05, 0) is 25.9 Å². The van der Waals surface area contributed by atoms with Gasteiger partial charge in [-0.1, -0.05) is 0 Å². The number of nitriles is 1. The second-order valence-corrected chi connectivity index (χ2v) is 3.50. The van der Waals surface area contributed by atoms with Crippen molar-refractivity contribution in [3.8, 4) is 6.07 Å². The summed E-state index contributed by atoms with van der Waals surface area (Å²) >= 11 is 0. The first-order chi connectivity index (χ1) is 6.81. The Kier molecular flexibility index (Phi) is 3.95. The van der Waals surface area contributed by atoms with Crippen LogP contribution < -0.4 is 11.1 Å². The third-order valence-electron chi connectivity index (χ3n) is 2.56. The Morgan fingerprint density at radius 2 is 2.20 bits per heavy atom. The lowest BCUT2D eigenvalue weighted by molar-refractivity contribution is 0.344. The number of halogens is 1. The topological polar surface area (TPSA) is 79.7 Å². The molecular formula is C9H14ClN5. The van der Waals surface area contributed by atoms with Crippen LogP contribution in [0.1, 0.15) is 24.4 Å². The molecule has 1 aliphatic heterocycles. The van der Waals surface area contributed by atoms with E-state index >= 15 is 0 Å². The fraction of sp³-hybridized carbons (Fsp3) is 0.556. The van der Waals surface area contributed by atoms with E-state index in [0.717, 1.165) is 25.9 Å². The number of hydrogen-bond donors (Lipinski definition) is 2. The average molecular weight is 228 g/mol. The van der Waals surface area contributed by atoms with E-state index in [1.165, 1.54) is 0 Å². The fourth-order valence-corrected chi connectivity index (χ4v) is 1.75. The third-order valence-corrected chi connectivity index (χ3v) is 2.56. The Labute approximate surface area is 94.7 Å². The first-order valence-corrected chi connectivity index (χ1v) is 4.76. The van der Waals surface area contributed by atoms with Crippen LogP contribution >= 0.6 is 12.4 Å². The molecule has 3 N–H and O–H groups in total. The zero-order valence-electron chi connectivity index (χ0n) is 8.31. The molecule has 0 saturated carbocycles. The molecule has 82 valence electrons. The zero-order valence-corrected chi connectivity index (χ0v) is 9.13. The van der Waals surface area contributed by atoms with Crippen molar-refractivity contribution in [2.24, 2.45) is 0 Å². The van der Waals surface area contributed by atoms with Crippen LogP contribution in [-0.2, 0) is 0 Å². The van der Waals surface area contributed by atoms with E-state index in [-0.39, 0.29) is 12.4 Å². The number of nitrogens with zero attached hydrogens (tertiary/aromatic N) is 3. The lowest BCUT2D eigenvalue weighted by Crippen LogP contribution is -2.29.